The van der Waals surface area contributed by atoms with E-state index in [9.17, 15) is 0 Å². The molecule has 1 saturated carbocycles. The van der Waals surface area contributed by atoms with Gasteiger partial charge in [-0.25, -0.2) is 0 Å². The number of hydrogen-bond acceptors (Lipinski definition) is 2. The summed E-state index contributed by atoms with van der Waals surface area (Å²) in [6.45, 7) is 15.7. The largest absolute Gasteiger partial charge is 0.313 e. The summed E-state index contributed by atoms with van der Waals surface area (Å²) in [5, 5.41) is 3.84. The van der Waals surface area contributed by atoms with E-state index in [1.54, 1.807) is 0 Å². The molecule has 3 atom stereocenters. The lowest BCUT2D eigenvalue weighted by Crippen LogP contribution is -2.53. The van der Waals surface area contributed by atoms with E-state index in [1.807, 2.05) is 0 Å². The molecule has 0 aromatic carbocycles. The molecule has 118 valence electrons. The number of nitrogens with zero attached hydrogens (tertiary/aromatic N) is 1. The van der Waals surface area contributed by atoms with Crippen molar-refractivity contribution in [1.82, 2.24) is 10.2 Å². The molecule has 0 bridgehead atoms. The third-order valence-electron chi connectivity index (χ3n) is 5.49. The van der Waals surface area contributed by atoms with Gasteiger partial charge in [-0.3, -0.25) is 4.90 Å². The van der Waals surface area contributed by atoms with Gasteiger partial charge in [-0.1, -0.05) is 27.7 Å². The Morgan fingerprint density at radius 3 is 2.25 bits per heavy atom. The molecule has 2 aliphatic rings. The smallest absolute Gasteiger partial charge is 0.0198 e. The van der Waals surface area contributed by atoms with Crippen LogP contribution in [-0.2, 0) is 0 Å². The van der Waals surface area contributed by atoms with Gasteiger partial charge in [0.2, 0.25) is 0 Å². The maximum Gasteiger partial charge on any atom is 0.0198 e. The van der Waals surface area contributed by atoms with Crippen LogP contribution in [0.3, 0.4) is 0 Å². The number of likely N-dealkylation sites (tertiary alicyclic amines) is 1. The van der Waals surface area contributed by atoms with Gasteiger partial charge in [0.15, 0.2) is 0 Å². The Kier molecular flexibility index (Phi) is 5.92. The van der Waals surface area contributed by atoms with Crippen molar-refractivity contribution in [1.29, 1.82) is 0 Å². The molecule has 0 aromatic rings. The second-order valence-electron chi connectivity index (χ2n) is 8.11. The number of hydrogen-bond donors (Lipinski definition) is 1. The zero-order valence-corrected chi connectivity index (χ0v) is 14.4. The zero-order chi connectivity index (χ0) is 14.7. The molecule has 1 N–H and O–H groups in total. The van der Waals surface area contributed by atoms with Gasteiger partial charge in [0.25, 0.3) is 0 Å². The van der Waals surface area contributed by atoms with E-state index in [-0.39, 0.29) is 0 Å². The van der Waals surface area contributed by atoms with Gasteiger partial charge < -0.3 is 5.32 Å². The Morgan fingerprint density at radius 1 is 1.00 bits per heavy atom. The standard InChI is InChI=1S/C18H36N2/c1-13(2)8-9-19-18-10-17(14(3)4)11-20(12-18)15(5)16-6-7-16/h13-19H,6-12H2,1-5H3. The van der Waals surface area contributed by atoms with Crippen LogP contribution >= 0.6 is 0 Å². The van der Waals surface area contributed by atoms with Gasteiger partial charge in [0, 0.05) is 25.2 Å². The summed E-state index contributed by atoms with van der Waals surface area (Å²) < 4.78 is 0. The van der Waals surface area contributed by atoms with E-state index in [2.05, 4.69) is 44.8 Å². The highest BCUT2D eigenvalue weighted by Gasteiger charge is 2.37. The fraction of sp³-hybridized carbons (Fsp3) is 1.00. The number of rotatable bonds is 7. The fourth-order valence-corrected chi connectivity index (χ4v) is 3.59. The molecule has 20 heavy (non-hydrogen) atoms. The van der Waals surface area contributed by atoms with Crippen LogP contribution in [0.4, 0.5) is 0 Å². The van der Waals surface area contributed by atoms with E-state index in [0.717, 1.165) is 35.8 Å². The van der Waals surface area contributed by atoms with Crippen LogP contribution in [0.5, 0.6) is 0 Å². The minimum atomic E-state index is 0.719. The average molecular weight is 281 g/mol. The highest BCUT2D eigenvalue weighted by molar-refractivity contribution is 4.92. The van der Waals surface area contributed by atoms with Crippen molar-refractivity contribution in [2.45, 2.75) is 72.4 Å². The molecule has 2 nitrogen and oxygen atoms in total. The third kappa shape index (κ3) is 4.73. The molecule has 0 aromatic heterocycles. The third-order valence-corrected chi connectivity index (χ3v) is 5.49. The van der Waals surface area contributed by atoms with E-state index in [4.69, 9.17) is 0 Å². The van der Waals surface area contributed by atoms with Gasteiger partial charge in [0.05, 0.1) is 0 Å². The maximum atomic E-state index is 3.84. The topological polar surface area (TPSA) is 15.3 Å². The lowest BCUT2D eigenvalue weighted by atomic mass is 9.84. The fourth-order valence-electron chi connectivity index (χ4n) is 3.59. The quantitative estimate of drug-likeness (QED) is 0.764. The Labute approximate surface area is 126 Å². The minimum Gasteiger partial charge on any atom is -0.313 e. The van der Waals surface area contributed by atoms with Crippen LogP contribution in [0, 0.1) is 23.7 Å². The molecular formula is C18H36N2. The molecule has 1 aliphatic heterocycles. The van der Waals surface area contributed by atoms with E-state index < -0.39 is 0 Å². The first-order valence-electron chi connectivity index (χ1n) is 8.94. The van der Waals surface area contributed by atoms with Crippen molar-refractivity contribution < 1.29 is 0 Å². The lowest BCUT2D eigenvalue weighted by molar-refractivity contribution is 0.0758. The van der Waals surface area contributed by atoms with E-state index >= 15 is 0 Å². The van der Waals surface area contributed by atoms with E-state index in [0.29, 0.717) is 0 Å². The summed E-state index contributed by atoms with van der Waals surface area (Å²) in [6.07, 6.45) is 5.62. The predicted octanol–water partition coefficient (Wildman–Crippen LogP) is 3.77. The normalized spacial score (nSPS) is 30.1. The molecule has 2 rings (SSSR count). The maximum absolute atomic E-state index is 3.84. The second-order valence-corrected chi connectivity index (χ2v) is 8.11. The first-order valence-corrected chi connectivity index (χ1v) is 8.94. The minimum absolute atomic E-state index is 0.719. The number of piperidine rings is 1. The molecule has 3 unspecified atom stereocenters. The molecule has 2 fully saturated rings. The average Bonchev–Trinajstić information content (AvgIpc) is 3.21. The van der Waals surface area contributed by atoms with Crippen LogP contribution in [-0.4, -0.2) is 36.6 Å². The molecule has 2 heteroatoms. The summed E-state index contributed by atoms with van der Waals surface area (Å²) in [5.74, 6) is 3.51. The van der Waals surface area contributed by atoms with Crippen molar-refractivity contribution >= 4 is 0 Å². The SMILES string of the molecule is CC(C)CCNC1CC(C(C)C)CN(C(C)C2CC2)C1. The molecule has 0 spiro atoms. The summed E-state index contributed by atoms with van der Waals surface area (Å²) in [7, 11) is 0. The highest BCUT2D eigenvalue weighted by Crippen LogP contribution is 2.37. The zero-order valence-electron chi connectivity index (χ0n) is 14.4. The summed E-state index contributed by atoms with van der Waals surface area (Å²) in [5.41, 5.74) is 0. The van der Waals surface area contributed by atoms with Crippen LogP contribution in [0.15, 0.2) is 0 Å². The highest BCUT2D eigenvalue weighted by atomic mass is 15.2. The molecule has 0 amide bonds. The Hall–Kier alpha value is -0.0800. The molecular weight excluding hydrogens is 244 g/mol. The lowest BCUT2D eigenvalue weighted by Gasteiger charge is -2.43. The van der Waals surface area contributed by atoms with Gasteiger partial charge in [-0.2, -0.15) is 0 Å². The predicted molar refractivity (Wildman–Crippen MR) is 87.9 cm³/mol. The van der Waals surface area contributed by atoms with Crippen molar-refractivity contribution in [2.75, 3.05) is 19.6 Å². The van der Waals surface area contributed by atoms with Crippen molar-refractivity contribution in [3.05, 3.63) is 0 Å². The molecule has 1 saturated heterocycles. The van der Waals surface area contributed by atoms with Crippen LogP contribution in [0.2, 0.25) is 0 Å². The molecule has 0 radical (unpaired) electrons. The molecule has 1 aliphatic carbocycles. The Morgan fingerprint density at radius 2 is 1.70 bits per heavy atom. The number of nitrogens with one attached hydrogen (secondary N) is 1. The Balaban J connectivity index is 1.86. The van der Waals surface area contributed by atoms with Gasteiger partial charge in [-0.05, 0) is 62.8 Å². The second kappa shape index (κ2) is 7.26. The van der Waals surface area contributed by atoms with Gasteiger partial charge in [0.1, 0.15) is 0 Å². The van der Waals surface area contributed by atoms with Crippen LogP contribution in [0.25, 0.3) is 0 Å². The summed E-state index contributed by atoms with van der Waals surface area (Å²) in [6, 6.07) is 1.53. The Bertz CT molecular complexity index is 283. The van der Waals surface area contributed by atoms with Gasteiger partial charge >= 0.3 is 0 Å². The van der Waals surface area contributed by atoms with Crippen molar-refractivity contribution in [3.8, 4) is 0 Å². The summed E-state index contributed by atoms with van der Waals surface area (Å²) in [4.78, 5) is 2.79. The van der Waals surface area contributed by atoms with E-state index in [1.165, 1.54) is 45.3 Å². The van der Waals surface area contributed by atoms with Gasteiger partial charge in [-0.15, -0.1) is 0 Å². The van der Waals surface area contributed by atoms with Crippen molar-refractivity contribution in [3.63, 3.8) is 0 Å². The monoisotopic (exact) mass is 280 g/mol. The first kappa shape index (κ1) is 16.3. The first-order chi connectivity index (χ1) is 9.47. The molecule has 1 heterocycles. The summed E-state index contributed by atoms with van der Waals surface area (Å²) >= 11 is 0. The van der Waals surface area contributed by atoms with Crippen LogP contribution < -0.4 is 5.32 Å². The van der Waals surface area contributed by atoms with Crippen molar-refractivity contribution in [2.24, 2.45) is 23.7 Å². The van der Waals surface area contributed by atoms with Crippen LogP contribution in [0.1, 0.15) is 60.3 Å².